The van der Waals surface area contributed by atoms with Crippen molar-refractivity contribution in [2.24, 2.45) is 0 Å². The maximum Gasteiger partial charge on any atom is 0.133 e. The Hall–Kier alpha value is -1.83. The van der Waals surface area contributed by atoms with Gasteiger partial charge in [-0.15, -0.1) is 0 Å². The molecule has 5 heteroatoms. The maximum atomic E-state index is 8.49. The lowest BCUT2D eigenvalue weighted by atomic mass is 10.4. The molecule has 1 heterocycles. The molecule has 1 rings (SSSR count). The number of rotatable bonds is 4. The third-order valence-corrected chi connectivity index (χ3v) is 2.05. The second-order valence-corrected chi connectivity index (χ2v) is 3.46. The molecule has 5 nitrogen and oxygen atoms in total. The zero-order valence-electron chi connectivity index (χ0n) is 9.30. The smallest absolute Gasteiger partial charge is 0.133 e. The van der Waals surface area contributed by atoms with Gasteiger partial charge < -0.3 is 9.80 Å². The molecule has 0 aliphatic rings. The van der Waals surface area contributed by atoms with Crippen molar-refractivity contribution in [2.75, 3.05) is 37.5 Å². The number of aromatic nitrogens is 2. The van der Waals surface area contributed by atoms with E-state index >= 15 is 0 Å². The summed E-state index contributed by atoms with van der Waals surface area (Å²) in [7, 11) is 5.78. The van der Waals surface area contributed by atoms with Gasteiger partial charge in [-0.3, -0.25) is 0 Å². The van der Waals surface area contributed by atoms with Crippen molar-refractivity contribution in [3.05, 3.63) is 12.4 Å². The summed E-state index contributed by atoms with van der Waals surface area (Å²) < 4.78 is 0. The lowest BCUT2D eigenvalue weighted by Crippen LogP contribution is -2.20. The van der Waals surface area contributed by atoms with Gasteiger partial charge >= 0.3 is 0 Å². The average molecular weight is 205 g/mol. The molecular formula is C10H15N5. The molecule has 1 aromatic rings. The number of nitriles is 1. The monoisotopic (exact) mass is 205 g/mol. The van der Waals surface area contributed by atoms with Crippen LogP contribution >= 0.6 is 0 Å². The topological polar surface area (TPSA) is 56.0 Å². The van der Waals surface area contributed by atoms with E-state index in [0.29, 0.717) is 13.0 Å². The van der Waals surface area contributed by atoms with E-state index in [1.54, 1.807) is 0 Å². The van der Waals surface area contributed by atoms with Crippen LogP contribution in [-0.2, 0) is 0 Å². The summed E-state index contributed by atoms with van der Waals surface area (Å²) >= 11 is 0. The molecule has 1 aromatic heterocycles. The Morgan fingerprint density at radius 3 is 2.53 bits per heavy atom. The van der Waals surface area contributed by atoms with Crippen LogP contribution in [0.3, 0.4) is 0 Å². The fraction of sp³-hybridized carbons (Fsp3) is 0.500. The molecule has 0 spiro atoms. The van der Waals surface area contributed by atoms with E-state index in [0.717, 1.165) is 11.6 Å². The van der Waals surface area contributed by atoms with Crippen LogP contribution < -0.4 is 9.80 Å². The van der Waals surface area contributed by atoms with E-state index in [9.17, 15) is 0 Å². The first kappa shape index (κ1) is 11.2. The summed E-state index contributed by atoms with van der Waals surface area (Å²) in [4.78, 5) is 12.1. The summed E-state index contributed by atoms with van der Waals surface area (Å²) in [6.45, 7) is 0.681. The van der Waals surface area contributed by atoms with Crippen molar-refractivity contribution in [1.29, 1.82) is 5.26 Å². The largest absolute Gasteiger partial charge is 0.363 e. The second kappa shape index (κ2) is 5.15. The molecule has 0 aliphatic heterocycles. The van der Waals surface area contributed by atoms with Crippen LogP contribution in [0.15, 0.2) is 12.4 Å². The van der Waals surface area contributed by atoms with Gasteiger partial charge in [0.05, 0.1) is 12.5 Å². The molecule has 0 fully saturated rings. The van der Waals surface area contributed by atoms with Crippen LogP contribution in [0.2, 0.25) is 0 Å². The van der Waals surface area contributed by atoms with Crippen LogP contribution in [0.25, 0.3) is 0 Å². The van der Waals surface area contributed by atoms with E-state index in [4.69, 9.17) is 5.26 Å². The molecule has 0 bridgehead atoms. The minimum absolute atomic E-state index is 0.498. The molecule has 0 aromatic carbocycles. The normalized spacial score (nSPS) is 9.47. The summed E-state index contributed by atoms with van der Waals surface area (Å²) in [5, 5.41) is 8.49. The van der Waals surface area contributed by atoms with Gasteiger partial charge in [-0.25, -0.2) is 9.97 Å². The number of anilines is 2. The summed E-state index contributed by atoms with van der Waals surface area (Å²) in [5.41, 5.74) is 0. The van der Waals surface area contributed by atoms with Gasteiger partial charge in [0.15, 0.2) is 0 Å². The molecule has 0 atom stereocenters. The van der Waals surface area contributed by atoms with Crippen LogP contribution in [0.1, 0.15) is 6.42 Å². The Labute approximate surface area is 90.0 Å². The fourth-order valence-electron chi connectivity index (χ4n) is 1.12. The van der Waals surface area contributed by atoms with Gasteiger partial charge in [0.25, 0.3) is 0 Å². The Kier molecular flexibility index (Phi) is 3.86. The van der Waals surface area contributed by atoms with Gasteiger partial charge in [0, 0.05) is 33.8 Å². The Balaban J connectivity index is 2.77. The first-order valence-electron chi connectivity index (χ1n) is 4.72. The first-order valence-corrected chi connectivity index (χ1v) is 4.72. The van der Waals surface area contributed by atoms with Gasteiger partial charge in [-0.05, 0) is 0 Å². The zero-order chi connectivity index (χ0) is 11.3. The van der Waals surface area contributed by atoms with E-state index in [1.165, 1.54) is 6.33 Å². The molecule has 0 saturated carbocycles. The molecule has 0 radical (unpaired) electrons. The van der Waals surface area contributed by atoms with E-state index < -0.39 is 0 Å². The standard InChI is InChI=1S/C10H15N5/c1-14(2)9-7-10(13-8-12-9)15(3)6-4-5-11/h7-8H,4,6H2,1-3H3. The van der Waals surface area contributed by atoms with Crippen molar-refractivity contribution in [1.82, 2.24) is 9.97 Å². The summed E-state index contributed by atoms with van der Waals surface area (Å²) in [6, 6.07) is 4.01. The molecule has 15 heavy (non-hydrogen) atoms. The van der Waals surface area contributed by atoms with Gasteiger partial charge in [-0.2, -0.15) is 5.26 Å². The third kappa shape index (κ3) is 3.09. The predicted molar refractivity (Wildman–Crippen MR) is 59.9 cm³/mol. The summed E-state index contributed by atoms with van der Waals surface area (Å²) in [6.07, 6.45) is 2.03. The van der Waals surface area contributed by atoms with Crippen molar-refractivity contribution < 1.29 is 0 Å². The molecule has 0 amide bonds. The SMILES string of the molecule is CN(C)c1cc(N(C)CCC#N)ncn1. The number of hydrogen-bond acceptors (Lipinski definition) is 5. The molecule has 80 valence electrons. The zero-order valence-corrected chi connectivity index (χ0v) is 9.30. The van der Waals surface area contributed by atoms with Crippen molar-refractivity contribution in [3.8, 4) is 6.07 Å². The average Bonchev–Trinajstić information content (AvgIpc) is 2.26. The van der Waals surface area contributed by atoms with Crippen LogP contribution in [0.4, 0.5) is 11.6 Å². The minimum atomic E-state index is 0.498. The molecule has 0 unspecified atom stereocenters. The van der Waals surface area contributed by atoms with E-state index in [2.05, 4.69) is 16.0 Å². The van der Waals surface area contributed by atoms with Crippen LogP contribution in [0, 0.1) is 11.3 Å². The van der Waals surface area contributed by atoms with E-state index in [-0.39, 0.29) is 0 Å². The number of nitrogens with zero attached hydrogens (tertiary/aromatic N) is 5. The van der Waals surface area contributed by atoms with Crippen LogP contribution in [-0.4, -0.2) is 37.7 Å². The maximum absolute atomic E-state index is 8.49. The van der Waals surface area contributed by atoms with Gasteiger partial charge in [-0.1, -0.05) is 0 Å². The predicted octanol–water partition coefficient (Wildman–Crippen LogP) is 0.892. The van der Waals surface area contributed by atoms with E-state index in [1.807, 2.05) is 37.0 Å². The molecule has 0 N–H and O–H groups in total. The molecular weight excluding hydrogens is 190 g/mol. The lowest BCUT2D eigenvalue weighted by molar-refractivity contribution is 0.876. The second-order valence-electron chi connectivity index (χ2n) is 3.46. The van der Waals surface area contributed by atoms with Crippen molar-refractivity contribution in [2.45, 2.75) is 6.42 Å². The Morgan fingerprint density at radius 1 is 1.27 bits per heavy atom. The lowest BCUT2D eigenvalue weighted by Gasteiger charge is -2.18. The highest BCUT2D eigenvalue weighted by Gasteiger charge is 2.04. The molecule has 0 saturated heterocycles. The highest BCUT2D eigenvalue weighted by molar-refractivity contribution is 5.48. The van der Waals surface area contributed by atoms with Crippen molar-refractivity contribution >= 4 is 11.6 Å². The first-order chi connectivity index (χ1) is 7.15. The van der Waals surface area contributed by atoms with Crippen LogP contribution in [0.5, 0.6) is 0 Å². The Morgan fingerprint density at radius 2 is 1.93 bits per heavy atom. The van der Waals surface area contributed by atoms with Gasteiger partial charge in [0.1, 0.15) is 18.0 Å². The van der Waals surface area contributed by atoms with Gasteiger partial charge in [0.2, 0.25) is 0 Å². The third-order valence-electron chi connectivity index (χ3n) is 2.05. The highest BCUT2D eigenvalue weighted by Crippen LogP contribution is 2.14. The summed E-state index contributed by atoms with van der Waals surface area (Å²) in [5.74, 6) is 1.70. The Bertz CT molecular complexity index is 355. The molecule has 0 aliphatic carbocycles. The fourth-order valence-corrected chi connectivity index (χ4v) is 1.12. The number of hydrogen-bond donors (Lipinski definition) is 0. The van der Waals surface area contributed by atoms with Crippen molar-refractivity contribution in [3.63, 3.8) is 0 Å². The quantitative estimate of drug-likeness (QED) is 0.730. The minimum Gasteiger partial charge on any atom is -0.363 e. The highest BCUT2D eigenvalue weighted by atomic mass is 15.2.